The SMILES string of the molecule is Cc1ccc(COc2ccc(C=C3SC(=S)N(NC(=O)Cc4ccccc4)C3=O)cc2)cc1. The third kappa shape index (κ3) is 6.09. The van der Waals surface area contributed by atoms with Crippen LogP contribution >= 0.6 is 24.0 Å². The zero-order chi connectivity index (χ0) is 23.2. The highest BCUT2D eigenvalue weighted by molar-refractivity contribution is 8.26. The molecule has 0 atom stereocenters. The van der Waals surface area contributed by atoms with E-state index in [-0.39, 0.29) is 18.2 Å². The molecule has 0 bridgehead atoms. The molecule has 0 spiro atoms. The molecule has 1 aliphatic rings. The first kappa shape index (κ1) is 22.8. The topological polar surface area (TPSA) is 58.6 Å². The van der Waals surface area contributed by atoms with Gasteiger partial charge in [-0.1, -0.05) is 84.1 Å². The Kier molecular flexibility index (Phi) is 7.22. The van der Waals surface area contributed by atoms with Gasteiger partial charge in [-0.2, -0.15) is 5.01 Å². The highest BCUT2D eigenvalue weighted by Crippen LogP contribution is 2.31. The van der Waals surface area contributed by atoms with Gasteiger partial charge in [0.05, 0.1) is 11.3 Å². The van der Waals surface area contributed by atoms with Crippen LogP contribution in [0.15, 0.2) is 83.8 Å². The van der Waals surface area contributed by atoms with Gasteiger partial charge in [-0.05, 0) is 54.0 Å². The molecule has 33 heavy (non-hydrogen) atoms. The molecule has 3 aromatic rings. The second kappa shape index (κ2) is 10.5. The summed E-state index contributed by atoms with van der Waals surface area (Å²) in [6.45, 7) is 2.54. The van der Waals surface area contributed by atoms with Crippen LogP contribution in [0.5, 0.6) is 5.75 Å². The summed E-state index contributed by atoms with van der Waals surface area (Å²) in [6.07, 6.45) is 1.92. The molecule has 4 rings (SSSR count). The fraction of sp³-hybridized carbons (Fsp3) is 0.115. The largest absolute Gasteiger partial charge is 0.489 e. The van der Waals surface area contributed by atoms with E-state index in [1.165, 1.54) is 5.56 Å². The van der Waals surface area contributed by atoms with Crippen molar-refractivity contribution in [2.75, 3.05) is 0 Å². The van der Waals surface area contributed by atoms with Gasteiger partial charge in [0.2, 0.25) is 5.91 Å². The number of carbonyl (C=O) groups is 2. The summed E-state index contributed by atoms with van der Waals surface area (Å²) in [6, 6.07) is 25.0. The van der Waals surface area contributed by atoms with Gasteiger partial charge in [0.1, 0.15) is 12.4 Å². The molecule has 1 aliphatic heterocycles. The number of aryl methyl sites for hydroxylation is 1. The molecule has 1 saturated heterocycles. The molecule has 0 unspecified atom stereocenters. The highest BCUT2D eigenvalue weighted by atomic mass is 32.2. The van der Waals surface area contributed by atoms with E-state index in [0.29, 0.717) is 15.8 Å². The van der Waals surface area contributed by atoms with Crippen LogP contribution in [0.1, 0.15) is 22.3 Å². The Morgan fingerprint density at radius 1 is 1.00 bits per heavy atom. The first-order valence-electron chi connectivity index (χ1n) is 10.4. The van der Waals surface area contributed by atoms with Gasteiger partial charge in [-0.3, -0.25) is 15.0 Å². The zero-order valence-electron chi connectivity index (χ0n) is 18.0. The average Bonchev–Trinajstić information content (AvgIpc) is 3.07. The first-order valence-corrected chi connectivity index (χ1v) is 11.6. The fourth-order valence-corrected chi connectivity index (χ4v) is 4.35. The van der Waals surface area contributed by atoms with Crippen LogP contribution in [0.2, 0.25) is 0 Å². The summed E-state index contributed by atoms with van der Waals surface area (Å²) in [5, 5.41) is 1.14. The van der Waals surface area contributed by atoms with Gasteiger partial charge in [0, 0.05) is 0 Å². The molecular weight excluding hydrogens is 452 g/mol. The number of hydrogen-bond donors (Lipinski definition) is 1. The van der Waals surface area contributed by atoms with Gasteiger partial charge >= 0.3 is 0 Å². The average molecular weight is 475 g/mol. The van der Waals surface area contributed by atoms with Crippen molar-refractivity contribution in [3.8, 4) is 5.75 Å². The lowest BCUT2D eigenvalue weighted by Gasteiger charge is -2.15. The molecule has 1 fully saturated rings. The second-order valence-corrected chi connectivity index (χ2v) is 9.23. The molecule has 166 valence electrons. The van der Waals surface area contributed by atoms with Gasteiger partial charge in [-0.25, -0.2) is 0 Å². The summed E-state index contributed by atoms with van der Waals surface area (Å²) in [7, 11) is 0. The lowest BCUT2D eigenvalue weighted by atomic mass is 10.1. The monoisotopic (exact) mass is 474 g/mol. The molecule has 1 N–H and O–H groups in total. The summed E-state index contributed by atoms with van der Waals surface area (Å²) in [5.74, 6) is 0.105. The first-order chi connectivity index (χ1) is 16.0. The number of nitrogens with one attached hydrogen (secondary N) is 1. The zero-order valence-corrected chi connectivity index (χ0v) is 19.6. The van der Waals surface area contributed by atoms with Crippen LogP contribution in [-0.2, 0) is 22.6 Å². The number of carbonyl (C=O) groups excluding carboxylic acids is 2. The van der Waals surface area contributed by atoms with Crippen molar-refractivity contribution >= 4 is 46.2 Å². The molecule has 2 amide bonds. The van der Waals surface area contributed by atoms with Gasteiger partial charge < -0.3 is 4.74 Å². The molecule has 3 aromatic carbocycles. The van der Waals surface area contributed by atoms with Crippen LogP contribution in [0.3, 0.4) is 0 Å². The van der Waals surface area contributed by atoms with Crippen LogP contribution in [-0.4, -0.2) is 21.1 Å². The summed E-state index contributed by atoms with van der Waals surface area (Å²) in [4.78, 5) is 25.6. The number of amides is 2. The Morgan fingerprint density at radius 3 is 2.39 bits per heavy atom. The maximum Gasteiger partial charge on any atom is 0.285 e. The number of hydrazine groups is 1. The van der Waals surface area contributed by atoms with Crippen molar-refractivity contribution in [3.05, 3.63) is 106 Å². The standard InChI is InChI=1S/C26H22N2O3S2/c1-18-7-9-21(10-8-18)17-31-22-13-11-20(12-14-22)15-23-25(30)28(26(32)33-23)27-24(29)16-19-5-3-2-4-6-19/h2-15H,16-17H2,1H3,(H,27,29). The predicted octanol–water partition coefficient (Wildman–Crippen LogP) is 5.05. The minimum atomic E-state index is -0.342. The number of thioether (sulfide) groups is 1. The van der Waals surface area contributed by atoms with E-state index >= 15 is 0 Å². The molecule has 1 heterocycles. The fourth-order valence-electron chi connectivity index (χ4n) is 3.17. The summed E-state index contributed by atoms with van der Waals surface area (Å²) in [5.41, 5.74) is 6.62. The molecular formula is C26H22N2O3S2. The quantitative estimate of drug-likeness (QED) is 0.384. The van der Waals surface area contributed by atoms with E-state index in [9.17, 15) is 9.59 Å². The van der Waals surface area contributed by atoms with E-state index in [0.717, 1.165) is 39.2 Å². The van der Waals surface area contributed by atoms with Crippen LogP contribution in [0.25, 0.3) is 6.08 Å². The Morgan fingerprint density at radius 2 is 1.70 bits per heavy atom. The molecule has 0 aliphatic carbocycles. The summed E-state index contributed by atoms with van der Waals surface area (Å²) < 4.78 is 6.13. The maximum absolute atomic E-state index is 12.8. The van der Waals surface area contributed by atoms with Crippen molar-refractivity contribution in [3.63, 3.8) is 0 Å². The van der Waals surface area contributed by atoms with E-state index in [1.54, 1.807) is 6.08 Å². The van der Waals surface area contributed by atoms with E-state index in [4.69, 9.17) is 17.0 Å². The summed E-state index contributed by atoms with van der Waals surface area (Å²) >= 11 is 6.46. The van der Waals surface area contributed by atoms with Crippen molar-refractivity contribution < 1.29 is 14.3 Å². The van der Waals surface area contributed by atoms with E-state index in [1.807, 2.05) is 66.7 Å². The number of hydrogen-bond acceptors (Lipinski definition) is 5. The lowest BCUT2D eigenvalue weighted by Crippen LogP contribution is -2.45. The Balaban J connectivity index is 1.35. The smallest absolute Gasteiger partial charge is 0.285 e. The number of thiocarbonyl (C=S) groups is 1. The van der Waals surface area contributed by atoms with Crippen molar-refractivity contribution in [2.45, 2.75) is 20.0 Å². The van der Waals surface area contributed by atoms with Crippen molar-refractivity contribution in [1.29, 1.82) is 0 Å². The minimum absolute atomic E-state index is 0.168. The van der Waals surface area contributed by atoms with Gasteiger partial charge in [0.15, 0.2) is 4.32 Å². The van der Waals surface area contributed by atoms with Crippen molar-refractivity contribution in [1.82, 2.24) is 10.4 Å². The Labute approximate surface area is 202 Å². The molecule has 0 aromatic heterocycles. The minimum Gasteiger partial charge on any atom is -0.489 e. The third-order valence-electron chi connectivity index (χ3n) is 4.94. The normalized spacial score (nSPS) is 14.6. The molecule has 0 radical (unpaired) electrons. The number of rotatable bonds is 7. The maximum atomic E-state index is 12.8. The third-order valence-corrected chi connectivity index (χ3v) is 6.24. The van der Waals surface area contributed by atoms with Crippen LogP contribution in [0.4, 0.5) is 0 Å². The van der Waals surface area contributed by atoms with Crippen LogP contribution < -0.4 is 10.2 Å². The van der Waals surface area contributed by atoms with E-state index < -0.39 is 0 Å². The molecule has 0 saturated carbocycles. The Bertz CT molecular complexity index is 1190. The van der Waals surface area contributed by atoms with Crippen LogP contribution in [0, 0.1) is 6.92 Å². The molecule has 7 heteroatoms. The second-order valence-electron chi connectivity index (χ2n) is 7.56. The van der Waals surface area contributed by atoms with E-state index in [2.05, 4.69) is 24.5 Å². The highest BCUT2D eigenvalue weighted by Gasteiger charge is 2.33. The lowest BCUT2D eigenvalue weighted by molar-refractivity contribution is -0.132. The number of ether oxygens (including phenoxy) is 1. The number of benzene rings is 3. The predicted molar refractivity (Wildman–Crippen MR) is 135 cm³/mol. The van der Waals surface area contributed by atoms with Gasteiger partial charge in [0.25, 0.3) is 5.91 Å². The Hall–Kier alpha value is -3.42. The molecule has 5 nitrogen and oxygen atoms in total. The van der Waals surface area contributed by atoms with Gasteiger partial charge in [-0.15, -0.1) is 0 Å². The van der Waals surface area contributed by atoms with Crippen molar-refractivity contribution in [2.24, 2.45) is 0 Å². The number of nitrogens with zero attached hydrogens (tertiary/aromatic N) is 1.